The fourth-order valence-corrected chi connectivity index (χ4v) is 3.59. The van der Waals surface area contributed by atoms with E-state index in [0.29, 0.717) is 41.7 Å². The molecule has 0 aromatic heterocycles. The van der Waals surface area contributed by atoms with Crippen LogP contribution >= 0.6 is 21.6 Å². The number of β-lactam (4-membered cyclic amide) rings is 1. The summed E-state index contributed by atoms with van der Waals surface area (Å²) in [7, 11) is 3.29. The van der Waals surface area contributed by atoms with Crippen LogP contribution < -0.4 is 5.32 Å². The number of rotatable bonds is 9. The van der Waals surface area contributed by atoms with E-state index in [0.717, 1.165) is 5.56 Å². The van der Waals surface area contributed by atoms with Crippen molar-refractivity contribution in [2.24, 2.45) is 0 Å². The quantitative estimate of drug-likeness (QED) is 0.204. The molecule has 3 rings (SSSR count). The number of hydrogen-bond donors (Lipinski definition) is 1. The number of ether oxygens (including phenoxy) is 1. The Morgan fingerprint density at radius 3 is 2.38 bits per heavy atom. The second kappa shape index (κ2) is 11.7. The number of nitrogens with zero attached hydrogens (tertiary/aromatic N) is 1. The van der Waals surface area contributed by atoms with Crippen LogP contribution in [0.1, 0.15) is 25.3 Å². The maximum atomic E-state index is 11.8. The van der Waals surface area contributed by atoms with Crippen molar-refractivity contribution in [3.8, 4) is 0 Å². The Morgan fingerprint density at radius 2 is 1.93 bits per heavy atom. The van der Waals surface area contributed by atoms with Gasteiger partial charge in [-0.2, -0.15) is 0 Å². The van der Waals surface area contributed by atoms with Gasteiger partial charge in [-0.15, -0.1) is 0 Å². The Bertz CT molecular complexity index is 764. The number of aldehydes is 1. The predicted molar refractivity (Wildman–Crippen MR) is 111 cm³/mol. The highest BCUT2D eigenvalue weighted by molar-refractivity contribution is 8.93. The highest BCUT2D eigenvalue weighted by Gasteiger charge is 2.29. The first kappa shape index (κ1) is 23.1. The highest BCUT2D eigenvalue weighted by atomic mass is 33.2. The third-order valence-electron chi connectivity index (χ3n) is 3.96. The van der Waals surface area contributed by atoms with Gasteiger partial charge in [0.05, 0.1) is 0 Å². The van der Waals surface area contributed by atoms with Crippen molar-refractivity contribution in [3.05, 3.63) is 29.8 Å². The minimum atomic E-state index is -0.342. The van der Waals surface area contributed by atoms with Crippen LogP contribution in [0.25, 0.3) is 0 Å². The monoisotopic (exact) mass is 438 g/mol. The summed E-state index contributed by atoms with van der Waals surface area (Å²) >= 11 is 0. The topological polar surface area (TPSA) is 110 Å². The van der Waals surface area contributed by atoms with Crippen molar-refractivity contribution < 1.29 is 28.7 Å². The number of imide groups is 1. The first-order valence-corrected chi connectivity index (χ1v) is 11.2. The minimum absolute atomic E-state index is 0.107. The van der Waals surface area contributed by atoms with E-state index >= 15 is 0 Å². The molecule has 8 nitrogen and oxygen atoms in total. The summed E-state index contributed by atoms with van der Waals surface area (Å²) in [6.45, 7) is 1.85. The van der Waals surface area contributed by atoms with E-state index in [1.54, 1.807) is 40.6 Å². The van der Waals surface area contributed by atoms with Crippen LogP contribution in [-0.4, -0.2) is 59.0 Å². The number of Topliss-reactive ketones (excluding diaryl/α,β-unsaturated/α-hetero) is 1. The number of carbonyl (C=O) groups excluding carboxylic acids is 5. The average molecular weight is 439 g/mol. The van der Waals surface area contributed by atoms with Crippen molar-refractivity contribution in [2.45, 2.75) is 30.8 Å². The van der Waals surface area contributed by atoms with Gasteiger partial charge in [0, 0.05) is 25.1 Å². The molecule has 0 radical (unpaired) electrons. The number of hydrogen-bond acceptors (Lipinski definition) is 8. The Kier molecular flexibility index (Phi) is 9.36. The summed E-state index contributed by atoms with van der Waals surface area (Å²) in [4.78, 5) is 55.9. The van der Waals surface area contributed by atoms with E-state index in [4.69, 9.17) is 4.74 Å². The number of likely N-dealkylation sites (tertiary alicyclic amines) is 1. The van der Waals surface area contributed by atoms with E-state index in [1.165, 1.54) is 4.90 Å². The molecule has 2 aliphatic rings. The summed E-state index contributed by atoms with van der Waals surface area (Å²) in [5.41, 5.74) is 1.55. The molecular formula is C19H22N2O6S2. The number of carbonyl (C=O) groups is 5. The van der Waals surface area contributed by atoms with Crippen LogP contribution in [0.5, 0.6) is 0 Å². The maximum Gasteiger partial charge on any atom is 0.250 e. The molecule has 0 spiro atoms. The molecule has 2 saturated heterocycles. The lowest BCUT2D eigenvalue weighted by atomic mass is 10.1. The zero-order chi connectivity index (χ0) is 21.2. The summed E-state index contributed by atoms with van der Waals surface area (Å²) < 4.78 is 5.10. The number of benzene rings is 1. The number of ketones is 1. The van der Waals surface area contributed by atoms with Gasteiger partial charge < -0.3 is 14.8 Å². The summed E-state index contributed by atoms with van der Waals surface area (Å²) in [6, 6.07) is 7.08. The minimum Gasteiger partial charge on any atom is -0.364 e. The molecule has 0 aliphatic carbocycles. The average Bonchev–Trinajstić information content (AvgIpc) is 3.52. The molecule has 10 heteroatoms. The Morgan fingerprint density at radius 1 is 1.24 bits per heavy atom. The predicted octanol–water partition coefficient (Wildman–Crippen LogP) is 1.83. The van der Waals surface area contributed by atoms with Gasteiger partial charge in [0.1, 0.15) is 24.1 Å². The van der Waals surface area contributed by atoms with Crippen LogP contribution in [0.2, 0.25) is 0 Å². The largest absolute Gasteiger partial charge is 0.364 e. The molecule has 1 aromatic rings. The van der Waals surface area contributed by atoms with Gasteiger partial charge >= 0.3 is 0 Å². The van der Waals surface area contributed by atoms with Crippen LogP contribution in [-0.2, 0) is 35.1 Å². The Balaban J connectivity index is 0.000000426. The normalized spacial score (nSPS) is 14.9. The fraction of sp³-hybridized carbons (Fsp3) is 0.421. The van der Waals surface area contributed by atoms with Crippen LogP contribution in [0.15, 0.2) is 24.3 Å². The third-order valence-corrected chi connectivity index (χ3v) is 6.16. The fourth-order valence-electron chi connectivity index (χ4n) is 2.28. The molecule has 0 saturated carbocycles. The molecule has 0 unspecified atom stereocenters. The first-order chi connectivity index (χ1) is 13.9. The molecule has 2 fully saturated rings. The maximum absolute atomic E-state index is 11.8. The number of nitrogens with one attached hydrogen (secondary N) is 1. The number of amides is 3. The van der Waals surface area contributed by atoms with Gasteiger partial charge in [-0.05, 0) is 31.0 Å². The van der Waals surface area contributed by atoms with Gasteiger partial charge in [-0.25, -0.2) is 0 Å². The molecule has 0 atom stereocenters. The molecule has 2 heterocycles. The van der Waals surface area contributed by atoms with Gasteiger partial charge in [-0.3, -0.25) is 24.1 Å². The van der Waals surface area contributed by atoms with Crippen molar-refractivity contribution in [1.82, 2.24) is 4.90 Å². The third kappa shape index (κ3) is 8.38. The zero-order valence-corrected chi connectivity index (χ0v) is 17.6. The molecule has 1 aromatic carbocycles. The van der Waals surface area contributed by atoms with Crippen molar-refractivity contribution in [1.29, 1.82) is 0 Å². The number of anilines is 1. The zero-order valence-electron chi connectivity index (χ0n) is 15.9. The molecule has 1 N–H and O–H groups in total. The van der Waals surface area contributed by atoms with E-state index in [2.05, 4.69) is 5.32 Å². The molecule has 3 amide bonds. The lowest BCUT2D eigenvalue weighted by Crippen LogP contribution is -2.47. The van der Waals surface area contributed by atoms with E-state index in [-0.39, 0.29) is 37.4 Å². The van der Waals surface area contributed by atoms with Crippen molar-refractivity contribution >= 4 is 57.1 Å². The summed E-state index contributed by atoms with van der Waals surface area (Å²) in [5, 5.41) is 2.64. The molecule has 2 aliphatic heterocycles. The molecular weight excluding hydrogens is 416 g/mol. The first-order valence-electron chi connectivity index (χ1n) is 8.96. The van der Waals surface area contributed by atoms with E-state index in [1.807, 2.05) is 12.1 Å². The molecule has 0 bridgehead atoms. The lowest BCUT2D eigenvalue weighted by Gasteiger charge is -2.28. The summed E-state index contributed by atoms with van der Waals surface area (Å²) in [6.07, 6.45) is 1.87. The Hall–Kier alpha value is -2.17. The van der Waals surface area contributed by atoms with Gasteiger partial charge in [-0.1, -0.05) is 33.7 Å². The van der Waals surface area contributed by atoms with Crippen LogP contribution in [0, 0.1) is 0 Å². The molecule has 29 heavy (non-hydrogen) atoms. The lowest BCUT2D eigenvalue weighted by molar-refractivity contribution is -0.152. The smallest absolute Gasteiger partial charge is 0.250 e. The second-order valence-corrected chi connectivity index (χ2v) is 9.03. The van der Waals surface area contributed by atoms with Crippen molar-refractivity contribution in [2.75, 3.05) is 25.1 Å². The SMILES string of the molecule is CC(=O)C1SS1.O=CCOCC(=O)Nc1ccc(CCC(=O)N2CCC2=O)cc1. The van der Waals surface area contributed by atoms with E-state index in [9.17, 15) is 24.0 Å². The number of aryl methyl sites for hydroxylation is 1. The molecule has 156 valence electrons. The Labute approximate surface area is 176 Å². The van der Waals surface area contributed by atoms with Gasteiger partial charge in [0.15, 0.2) is 5.78 Å². The van der Waals surface area contributed by atoms with Crippen LogP contribution in [0.4, 0.5) is 5.69 Å². The van der Waals surface area contributed by atoms with Gasteiger partial charge in [0.2, 0.25) is 17.7 Å². The van der Waals surface area contributed by atoms with E-state index < -0.39 is 0 Å². The highest BCUT2D eigenvalue weighted by Crippen LogP contribution is 2.53. The standard InChI is InChI=1S/C16H18N2O5.C3H4OS2/c19-9-10-23-11-14(20)17-13-4-1-12(2-5-13)3-6-15(21)18-8-7-16(18)22;1-2(4)3-5-6-3/h1-2,4-5,9H,3,6-8,10-11H2,(H,17,20);3H,1H3. The second-order valence-electron chi connectivity index (χ2n) is 6.25. The van der Waals surface area contributed by atoms with Gasteiger partial charge in [0.25, 0.3) is 0 Å². The van der Waals surface area contributed by atoms with Crippen molar-refractivity contribution in [3.63, 3.8) is 0 Å². The van der Waals surface area contributed by atoms with Crippen LogP contribution in [0.3, 0.4) is 0 Å². The summed E-state index contributed by atoms with van der Waals surface area (Å²) in [5.74, 6) is -0.299.